The number of para-hydroxylation sites is 2. The van der Waals surface area contributed by atoms with Gasteiger partial charge in [-0.3, -0.25) is 0 Å². The zero-order valence-electron chi connectivity index (χ0n) is 15.1. The molecule has 5 nitrogen and oxygen atoms in total. The van der Waals surface area contributed by atoms with Crippen molar-refractivity contribution in [2.75, 3.05) is 24.6 Å². The number of rotatable bonds is 5. The second-order valence-electron chi connectivity index (χ2n) is 6.23. The van der Waals surface area contributed by atoms with Gasteiger partial charge < -0.3 is 15.0 Å². The largest absolute Gasteiger partial charge is 0.450 e. The fourth-order valence-electron chi connectivity index (χ4n) is 3.19. The molecule has 0 aliphatic carbocycles. The number of benzene rings is 2. The lowest BCUT2D eigenvalue weighted by Crippen LogP contribution is -2.29. The van der Waals surface area contributed by atoms with Gasteiger partial charge in [-0.1, -0.05) is 42.1 Å². The molecule has 1 aromatic heterocycles. The minimum Gasteiger partial charge on any atom is -0.450 e. The van der Waals surface area contributed by atoms with Crippen LogP contribution in [0.15, 0.2) is 64.4 Å². The van der Waals surface area contributed by atoms with Crippen LogP contribution in [0.4, 0.5) is 16.3 Å². The van der Waals surface area contributed by atoms with Crippen LogP contribution in [-0.2, 0) is 4.74 Å². The highest BCUT2D eigenvalue weighted by atomic mass is 32.2. The number of ether oxygens (including phenoxy) is 1. The van der Waals surface area contributed by atoms with E-state index in [1.54, 1.807) is 18.7 Å². The van der Waals surface area contributed by atoms with E-state index in [9.17, 15) is 4.79 Å². The molecule has 0 saturated carbocycles. The van der Waals surface area contributed by atoms with Gasteiger partial charge in [-0.15, -0.1) is 0 Å². The van der Waals surface area contributed by atoms with E-state index >= 15 is 0 Å². The summed E-state index contributed by atoms with van der Waals surface area (Å²) >= 11 is 1.76. The van der Waals surface area contributed by atoms with Crippen LogP contribution in [0.2, 0.25) is 0 Å². The molecule has 1 N–H and O–H groups in total. The SMILES string of the molecule is CCOC(=O)NCCCN1c2ccccc2Sc2cc3ccccc3nc21. The zero-order chi connectivity index (χ0) is 18.6. The molecule has 0 radical (unpaired) electrons. The van der Waals surface area contributed by atoms with Gasteiger partial charge in [0, 0.05) is 23.4 Å². The summed E-state index contributed by atoms with van der Waals surface area (Å²) in [5, 5.41) is 3.93. The molecule has 0 fully saturated rings. The lowest BCUT2D eigenvalue weighted by molar-refractivity contribution is 0.152. The Bertz CT molecular complexity index is 977. The number of pyridine rings is 1. The number of carbonyl (C=O) groups excluding carboxylic acids is 1. The van der Waals surface area contributed by atoms with E-state index in [0.29, 0.717) is 13.2 Å². The number of nitrogens with zero attached hydrogens (tertiary/aromatic N) is 2. The molecule has 27 heavy (non-hydrogen) atoms. The van der Waals surface area contributed by atoms with Gasteiger partial charge in [-0.05, 0) is 37.6 Å². The Kier molecular flexibility index (Phi) is 5.16. The quantitative estimate of drug-likeness (QED) is 0.634. The zero-order valence-corrected chi connectivity index (χ0v) is 16.0. The predicted octanol–water partition coefficient (Wildman–Crippen LogP) is 4.97. The van der Waals surface area contributed by atoms with Gasteiger partial charge in [0.1, 0.15) is 5.82 Å². The average molecular weight is 379 g/mol. The van der Waals surface area contributed by atoms with Gasteiger partial charge in [0.15, 0.2) is 0 Å². The van der Waals surface area contributed by atoms with Crippen LogP contribution >= 0.6 is 11.8 Å². The number of fused-ring (bicyclic) bond motifs is 3. The van der Waals surface area contributed by atoms with Crippen molar-refractivity contribution in [1.29, 1.82) is 0 Å². The molecule has 2 heterocycles. The van der Waals surface area contributed by atoms with Crippen LogP contribution in [0.25, 0.3) is 10.9 Å². The maximum atomic E-state index is 11.5. The lowest BCUT2D eigenvalue weighted by Gasteiger charge is -2.32. The summed E-state index contributed by atoms with van der Waals surface area (Å²) in [6.45, 7) is 3.51. The number of hydrogen-bond acceptors (Lipinski definition) is 5. The molecule has 1 aliphatic rings. The van der Waals surface area contributed by atoms with Gasteiger partial charge in [-0.2, -0.15) is 0 Å². The summed E-state index contributed by atoms with van der Waals surface area (Å²) < 4.78 is 4.92. The van der Waals surface area contributed by atoms with Crippen molar-refractivity contribution in [2.45, 2.75) is 23.1 Å². The Hall–Kier alpha value is -2.73. The maximum absolute atomic E-state index is 11.5. The second-order valence-corrected chi connectivity index (χ2v) is 7.31. The molecule has 0 spiro atoms. The molecule has 0 saturated heterocycles. The number of nitrogens with one attached hydrogen (secondary N) is 1. The summed E-state index contributed by atoms with van der Waals surface area (Å²) in [4.78, 5) is 21.0. The highest BCUT2D eigenvalue weighted by Crippen LogP contribution is 2.47. The minimum atomic E-state index is -0.364. The summed E-state index contributed by atoms with van der Waals surface area (Å²) in [5.74, 6) is 0.980. The molecule has 0 bridgehead atoms. The fourth-order valence-corrected chi connectivity index (χ4v) is 4.29. The van der Waals surface area contributed by atoms with Crippen molar-refractivity contribution in [3.63, 3.8) is 0 Å². The van der Waals surface area contributed by atoms with Crippen LogP contribution in [-0.4, -0.2) is 30.8 Å². The monoisotopic (exact) mass is 379 g/mol. The third-order valence-corrected chi connectivity index (χ3v) is 5.49. The average Bonchev–Trinajstić information content (AvgIpc) is 2.69. The standard InChI is InChI=1S/C21H21N3O2S/c1-2-26-21(25)22-12-7-13-24-17-10-5-6-11-18(17)27-19-14-15-8-3-4-9-16(15)23-20(19)24/h3-6,8-11,14H,2,7,12-13H2,1H3,(H,22,25). The number of amides is 1. The second kappa shape index (κ2) is 7.88. The van der Waals surface area contributed by atoms with Crippen molar-refractivity contribution in [1.82, 2.24) is 10.3 Å². The minimum absolute atomic E-state index is 0.364. The van der Waals surface area contributed by atoms with Crippen molar-refractivity contribution >= 4 is 40.3 Å². The van der Waals surface area contributed by atoms with E-state index in [4.69, 9.17) is 9.72 Å². The van der Waals surface area contributed by atoms with Crippen LogP contribution in [0.3, 0.4) is 0 Å². The Morgan fingerprint density at radius 2 is 1.96 bits per heavy atom. The normalized spacial score (nSPS) is 12.4. The van der Waals surface area contributed by atoms with Crippen LogP contribution in [0, 0.1) is 0 Å². The van der Waals surface area contributed by atoms with E-state index in [0.717, 1.165) is 40.3 Å². The Morgan fingerprint density at radius 3 is 2.85 bits per heavy atom. The number of hydrogen-bond donors (Lipinski definition) is 1. The van der Waals surface area contributed by atoms with E-state index in [2.05, 4.69) is 46.6 Å². The molecular weight excluding hydrogens is 358 g/mol. The molecule has 4 rings (SSSR count). The first-order valence-electron chi connectivity index (χ1n) is 9.11. The Labute approximate surface area is 162 Å². The van der Waals surface area contributed by atoms with Crippen molar-refractivity contribution in [3.05, 3.63) is 54.6 Å². The summed E-state index contributed by atoms with van der Waals surface area (Å²) in [5.41, 5.74) is 2.15. The van der Waals surface area contributed by atoms with Crippen LogP contribution in [0.1, 0.15) is 13.3 Å². The molecule has 1 aliphatic heterocycles. The summed E-state index contributed by atoms with van der Waals surface area (Å²) in [6, 6.07) is 18.8. The first-order valence-corrected chi connectivity index (χ1v) is 9.93. The first-order chi connectivity index (χ1) is 13.3. The van der Waals surface area contributed by atoms with E-state index in [1.807, 2.05) is 18.2 Å². The molecule has 6 heteroatoms. The van der Waals surface area contributed by atoms with Gasteiger partial charge in [0.2, 0.25) is 0 Å². The predicted molar refractivity (Wildman–Crippen MR) is 109 cm³/mol. The lowest BCUT2D eigenvalue weighted by atomic mass is 10.2. The molecule has 0 unspecified atom stereocenters. The maximum Gasteiger partial charge on any atom is 0.407 e. The van der Waals surface area contributed by atoms with Gasteiger partial charge in [0.05, 0.1) is 22.7 Å². The summed E-state index contributed by atoms with van der Waals surface area (Å²) in [6.07, 6.45) is 0.433. The van der Waals surface area contributed by atoms with E-state index in [1.165, 1.54) is 4.90 Å². The third kappa shape index (κ3) is 3.71. The van der Waals surface area contributed by atoms with Gasteiger partial charge >= 0.3 is 6.09 Å². The van der Waals surface area contributed by atoms with Crippen molar-refractivity contribution < 1.29 is 9.53 Å². The number of aromatic nitrogens is 1. The Balaban J connectivity index is 1.60. The van der Waals surface area contributed by atoms with Crippen LogP contribution in [0.5, 0.6) is 0 Å². The highest BCUT2D eigenvalue weighted by molar-refractivity contribution is 7.99. The van der Waals surface area contributed by atoms with E-state index in [-0.39, 0.29) is 6.09 Å². The Morgan fingerprint density at radius 1 is 1.15 bits per heavy atom. The van der Waals surface area contributed by atoms with Gasteiger partial charge in [-0.25, -0.2) is 9.78 Å². The van der Waals surface area contributed by atoms with Crippen molar-refractivity contribution in [3.8, 4) is 0 Å². The highest BCUT2D eigenvalue weighted by Gasteiger charge is 2.24. The molecule has 2 aromatic carbocycles. The molecule has 1 amide bonds. The fraction of sp³-hybridized carbons (Fsp3) is 0.238. The third-order valence-electron chi connectivity index (χ3n) is 4.40. The smallest absolute Gasteiger partial charge is 0.407 e. The molecular formula is C21H21N3O2S. The van der Waals surface area contributed by atoms with Gasteiger partial charge in [0.25, 0.3) is 0 Å². The molecule has 138 valence electrons. The molecule has 3 aromatic rings. The first kappa shape index (κ1) is 17.7. The number of carbonyl (C=O) groups is 1. The van der Waals surface area contributed by atoms with Crippen molar-refractivity contribution in [2.24, 2.45) is 0 Å². The topological polar surface area (TPSA) is 54.5 Å². The summed E-state index contributed by atoms with van der Waals surface area (Å²) in [7, 11) is 0. The van der Waals surface area contributed by atoms with E-state index < -0.39 is 0 Å². The van der Waals surface area contributed by atoms with Crippen LogP contribution < -0.4 is 10.2 Å². The number of anilines is 2. The number of alkyl carbamates (subject to hydrolysis) is 1. The molecule has 0 atom stereocenters.